The summed E-state index contributed by atoms with van der Waals surface area (Å²) in [6.45, 7) is 2.03. The molecule has 0 spiro atoms. The van der Waals surface area contributed by atoms with Crippen molar-refractivity contribution >= 4 is 17.5 Å². The Morgan fingerprint density at radius 2 is 2.05 bits per heavy atom. The summed E-state index contributed by atoms with van der Waals surface area (Å²) in [6, 6.07) is 7.49. The van der Waals surface area contributed by atoms with E-state index in [1.807, 2.05) is 38.4 Å². The molecule has 0 saturated heterocycles. The van der Waals surface area contributed by atoms with Crippen LogP contribution in [-0.4, -0.2) is 48.8 Å². The van der Waals surface area contributed by atoms with Gasteiger partial charge >= 0.3 is 0 Å². The second-order valence-electron chi connectivity index (χ2n) is 5.19. The number of hydrogen-bond donors (Lipinski definition) is 2. The van der Waals surface area contributed by atoms with Crippen molar-refractivity contribution in [2.24, 2.45) is 0 Å². The number of ether oxygens (including phenoxy) is 2. The molecule has 116 valence electrons. The average molecular weight is 301 g/mol. The van der Waals surface area contributed by atoms with Crippen LogP contribution >= 0.6 is 0 Å². The Labute approximate surface area is 129 Å². The highest BCUT2D eigenvalue weighted by molar-refractivity contribution is 5.60. The maximum Gasteiger partial charge on any atom is 0.231 e. The maximum absolute atomic E-state index is 5.36. The van der Waals surface area contributed by atoms with Gasteiger partial charge in [-0.3, -0.25) is 0 Å². The molecule has 0 unspecified atom stereocenters. The summed E-state index contributed by atoms with van der Waals surface area (Å²) in [7, 11) is 4.07. The highest BCUT2D eigenvalue weighted by Crippen LogP contribution is 2.34. The summed E-state index contributed by atoms with van der Waals surface area (Å²) in [4.78, 5) is 10.8. The number of benzene rings is 1. The van der Waals surface area contributed by atoms with Gasteiger partial charge in [-0.25, -0.2) is 4.98 Å². The van der Waals surface area contributed by atoms with E-state index in [2.05, 4.69) is 25.5 Å². The summed E-state index contributed by atoms with van der Waals surface area (Å²) in [5.74, 6) is 2.81. The number of nitrogens with one attached hydrogen (secondary N) is 2. The largest absolute Gasteiger partial charge is 0.454 e. The van der Waals surface area contributed by atoms with Crippen molar-refractivity contribution in [2.45, 2.75) is 0 Å². The normalized spacial score (nSPS) is 12.5. The van der Waals surface area contributed by atoms with Crippen LogP contribution in [0.5, 0.6) is 11.5 Å². The number of likely N-dealkylation sites (N-methyl/N-ethyl adjacent to an activating group) is 1. The van der Waals surface area contributed by atoms with Gasteiger partial charge in [0, 0.05) is 31.0 Å². The number of anilines is 3. The molecular weight excluding hydrogens is 282 g/mol. The molecule has 1 aliphatic rings. The minimum Gasteiger partial charge on any atom is -0.454 e. The lowest BCUT2D eigenvalue weighted by Crippen LogP contribution is -2.21. The van der Waals surface area contributed by atoms with E-state index >= 15 is 0 Å². The quantitative estimate of drug-likeness (QED) is 0.844. The standard InChI is InChI=1S/C15H19N5O2/c1-20(2)8-7-16-14-5-6-17-15(19-14)18-11-3-4-12-13(9-11)22-10-21-12/h3-6,9H,7-8,10H2,1-2H3,(H2,16,17,18,19). The predicted octanol–water partition coefficient (Wildman–Crippen LogP) is 1.92. The molecule has 0 amide bonds. The molecule has 2 aromatic rings. The first kappa shape index (κ1) is 14.4. The molecule has 7 heteroatoms. The van der Waals surface area contributed by atoms with Gasteiger partial charge in [0.2, 0.25) is 12.7 Å². The van der Waals surface area contributed by atoms with Crippen molar-refractivity contribution < 1.29 is 9.47 Å². The molecule has 2 N–H and O–H groups in total. The van der Waals surface area contributed by atoms with Crippen LogP contribution in [0.15, 0.2) is 30.5 Å². The van der Waals surface area contributed by atoms with Gasteiger partial charge < -0.3 is 25.0 Å². The Bertz CT molecular complexity index is 648. The smallest absolute Gasteiger partial charge is 0.231 e. The van der Waals surface area contributed by atoms with Crippen molar-refractivity contribution in [1.29, 1.82) is 0 Å². The van der Waals surface area contributed by atoms with E-state index in [9.17, 15) is 0 Å². The molecule has 22 heavy (non-hydrogen) atoms. The lowest BCUT2D eigenvalue weighted by molar-refractivity contribution is 0.174. The third kappa shape index (κ3) is 3.56. The third-order valence-electron chi connectivity index (χ3n) is 3.15. The summed E-state index contributed by atoms with van der Waals surface area (Å²) in [5, 5.41) is 6.43. The Kier molecular flexibility index (Phi) is 4.24. The van der Waals surface area contributed by atoms with Crippen LogP contribution < -0.4 is 20.1 Å². The van der Waals surface area contributed by atoms with Gasteiger partial charge in [-0.1, -0.05) is 0 Å². The SMILES string of the molecule is CN(C)CCNc1ccnc(Nc2ccc3c(c2)OCO3)n1. The highest BCUT2D eigenvalue weighted by atomic mass is 16.7. The predicted molar refractivity (Wildman–Crippen MR) is 84.9 cm³/mol. The number of nitrogens with zero attached hydrogens (tertiary/aromatic N) is 3. The first-order valence-electron chi connectivity index (χ1n) is 7.09. The molecule has 1 aromatic heterocycles. The fourth-order valence-corrected chi connectivity index (χ4v) is 2.03. The van der Waals surface area contributed by atoms with Gasteiger partial charge in [-0.2, -0.15) is 4.98 Å². The van der Waals surface area contributed by atoms with Crippen molar-refractivity contribution in [3.8, 4) is 11.5 Å². The Hall–Kier alpha value is -2.54. The van der Waals surface area contributed by atoms with Gasteiger partial charge in [-0.15, -0.1) is 0 Å². The molecule has 0 aliphatic carbocycles. The van der Waals surface area contributed by atoms with Gasteiger partial charge in [0.25, 0.3) is 0 Å². The molecule has 3 rings (SSSR count). The van der Waals surface area contributed by atoms with Crippen molar-refractivity contribution in [3.63, 3.8) is 0 Å². The summed E-state index contributed by atoms with van der Waals surface area (Å²) in [5.41, 5.74) is 0.856. The van der Waals surface area contributed by atoms with Gasteiger partial charge in [0.1, 0.15) is 5.82 Å². The monoisotopic (exact) mass is 301 g/mol. The van der Waals surface area contributed by atoms with E-state index in [1.165, 1.54) is 0 Å². The minimum absolute atomic E-state index is 0.264. The molecule has 1 aliphatic heterocycles. The summed E-state index contributed by atoms with van der Waals surface area (Å²) < 4.78 is 10.6. The minimum atomic E-state index is 0.264. The van der Waals surface area contributed by atoms with E-state index in [0.29, 0.717) is 5.95 Å². The molecule has 7 nitrogen and oxygen atoms in total. The van der Waals surface area contributed by atoms with Crippen LogP contribution in [-0.2, 0) is 0 Å². The van der Waals surface area contributed by atoms with Crippen molar-refractivity contribution in [2.75, 3.05) is 44.6 Å². The van der Waals surface area contributed by atoms with E-state index in [1.54, 1.807) is 6.20 Å². The Morgan fingerprint density at radius 3 is 2.91 bits per heavy atom. The highest BCUT2D eigenvalue weighted by Gasteiger charge is 2.13. The maximum atomic E-state index is 5.36. The fourth-order valence-electron chi connectivity index (χ4n) is 2.03. The van der Waals surface area contributed by atoms with Crippen LogP contribution in [0.4, 0.5) is 17.5 Å². The third-order valence-corrected chi connectivity index (χ3v) is 3.15. The summed E-state index contributed by atoms with van der Waals surface area (Å²) in [6.07, 6.45) is 1.72. The molecule has 0 radical (unpaired) electrons. The second-order valence-corrected chi connectivity index (χ2v) is 5.19. The van der Waals surface area contributed by atoms with Crippen LogP contribution in [0.2, 0.25) is 0 Å². The van der Waals surface area contributed by atoms with Gasteiger partial charge in [0.15, 0.2) is 11.5 Å². The fraction of sp³-hybridized carbons (Fsp3) is 0.333. The first-order chi connectivity index (χ1) is 10.7. The van der Waals surface area contributed by atoms with Crippen LogP contribution in [0.1, 0.15) is 0 Å². The molecule has 0 bridgehead atoms. The first-order valence-corrected chi connectivity index (χ1v) is 7.09. The zero-order valence-electron chi connectivity index (χ0n) is 12.7. The molecule has 1 aromatic carbocycles. The van der Waals surface area contributed by atoms with Crippen LogP contribution in [0, 0.1) is 0 Å². The van der Waals surface area contributed by atoms with Gasteiger partial charge in [0.05, 0.1) is 0 Å². The van der Waals surface area contributed by atoms with Crippen LogP contribution in [0.25, 0.3) is 0 Å². The number of rotatable bonds is 6. The zero-order valence-corrected chi connectivity index (χ0v) is 12.7. The van der Waals surface area contributed by atoms with Gasteiger partial charge in [-0.05, 0) is 32.3 Å². The number of fused-ring (bicyclic) bond motifs is 1. The van der Waals surface area contributed by atoms with E-state index in [4.69, 9.17) is 9.47 Å². The number of hydrogen-bond acceptors (Lipinski definition) is 7. The van der Waals surface area contributed by atoms with Crippen LogP contribution in [0.3, 0.4) is 0 Å². The zero-order chi connectivity index (χ0) is 15.4. The lowest BCUT2D eigenvalue weighted by atomic mass is 10.3. The topological polar surface area (TPSA) is 71.5 Å². The lowest BCUT2D eigenvalue weighted by Gasteiger charge is -2.11. The molecule has 0 atom stereocenters. The van der Waals surface area contributed by atoms with Crippen molar-refractivity contribution in [3.05, 3.63) is 30.5 Å². The van der Waals surface area contributed by atoms with Crippen molar-refractivity contribution in [1.82, 2.24) is 14.9 Å². The molecular formula is C15H19N5O2. The molecule has 0 saturated carbocycles. The number of aromatic nitrogens is 2. The molecule has 2 heterocycles. The second kappa shape index (κ2) is 6.48. The Morgan fingerprint density at radius 1 is 1.18 bits per heavy atom. The average Bonchev–Trinajstić information content (AvgIpc) is 2.95. The molecule has 0 fully saturated rings. The summed E-state index contributed by atoms with van der Waals surface area (Å²) >= 11 is 0. The Balaban J connectivity index is 1.65. The van der Waals surface area contributed by atoms with E-state index < -0.39 is 0 Å². The van der Waals surface area contributed by atoms with E-state index in [0.717, 1.165) is 36.1 Å². The van der Waals surface area contributed by atoms with E-state index in [-0.39, 0.29) is 6.79 Å².